The Kier molecular flexibility index (Phi) is 4.50. The molecule has 1 fully saturated rings. The number of hydrogen-bond acceptors (Lipinski definition) is 3. The summed E-state index contributed by atoms with van der Waals surface area (Å²) < 4.78 is 5.46. The van der Waals surface area contributed by atoms with Gasteiger partial charge in [0.05, 0.1) is 6.10 Å². The second-order valence-electron chi connectivity index (χ2n) is 4.66. The summed E-state index contributed by atoms with van der Waals surface area (Å²) in [4.78, 5) is 12.4. The average Bonchev–Trinajstić information content (AvgIpc) is 2.36. The Hall–Kier alpha value is -1.46. The number of nitrogens with two attached hydrogens (primary N) is 1. The molecule has 0 spiro atoms. The van der Waals surface area contributed by atoms with E-state index in [0.29, 0.717) is 22.2 Å². The number of thiocarbonyl (C=S) groups is 1. The summed E-state index contributed by atoms with van der Waals surface area (Å²) in [6.07, 6.45) is 2.06. The van der Waals surface area contributed by atoms with Crippen molar-refractivity contribution in [2.75, 3.05) is 6.61 Å². The van der Waals surface area contributed by atoms with E-state index in [0.717, 1.165) is 19.4 Å². The van der Waals surface area contributed by atoms with Gasteiger partial charge in [-0.1, -0.05) is 24.4 Å². The van der Waals surface area contributed by atoms with E-state index in [1.165, 1.54) is 0 Å². The van der Waals surface area contributed by atoms with Gasteiger partial charge in [0.15, 0.2) is 0 Å². The molecule has 5 heteroatoms. The smallest absolute Gasteiger partial charge is 0.251 e. The van der Waals surface area contributed by atoms with Crippen LogP contribution in [0.4, 0.5) is 0 Å². The van der Waals surface area contributed by atoms with Gasteiger partial charge in [0, 0.05) is 23.8 Å². The van der Waals surface area contributed by atoms with Crippen molar-refractivity contribution in [1.29, 1.82) is 0 Å². The highest BCUT2D eigenvalue weighted by molar-refractivity contribution is 7.80. The SMILES string of the molecule is CCOC1CC(NC(=O)c2cccc(C(N)=S)c2)C1. The Balaban J connectivity index is 1.90. The van der Waals surface area contributed by atoms with Crippen LogP contribution >= 0.6 is 12.2 Å². The van der Waals surface area contributed by atoms with E-state index in [1.807, 2.05) is 6.92 Å². The monoisotopic (exact) mass is 278 g/mol. The molecule has 19 heavy (non-hydrogen) atoms. The second kappa shape index (κ2) is 6.12. The number of benzene rings is 1. The van der Waals surface area contributed by atoms with Gasteiger partial charge in [-0.05, 0) is 31.9 Å². The molecular formula is C14H18N2O2S. The van der Waals surface area contributed by atoms with Crippen molar-refractivity contribution in [3.05, 3.63) is 35.4 Å². The Morgan fingerprint density at radius 1 is 1.47 bits per heavy atom. The highest BCUT2D eigenvalue weighted by Gasteiger charge is 2.30. The minimum absolute atomic E-state index is 0.0851. The summed E-state index contributed by atoms with van der Waals surface area (Å²) in [5.41, 5.74) is 6.86. The van der Waals surface area contributed by atoms with Crippen molar-refractivity contribution in [1.82, 2.24) is 5.32 Å². The Morgan fingerprint density at radius 2 is 2.16 bits per heavy atom. The van der Waals surface area contributed by atoms with E-state index >= 15 is 0 Å². The highest BCUT2D eigenvalue weighted by atomic mass is 32.1. The van der Waals surface area contributed by atoms with Crippen LogP contribution < -0.4 is 11.1 Å². The van der Waals surface area contributed by atoms with Crippen molar-refractivity contribution in [2.45, 2.75) is 31.9 Å². The lowest BCUT2D eigenvalue weighted by atomic mass is 9.89. The molecule has 0 radical (unpaired) electrons. The first kappa shape index (κ1) is 14.0. The molecule has 0 unspecified atom stereocenters. The number of ether oxygens (including phenoxy) is 1. The zero-order valence-corrected chi connectivity index (χ0v) is 11.7. The van der Waals surface area contributed by atoms with Gasteiger partial charge in [-0.25, -0.2) is 0 Å². The molecule has 102 valence electrons. The molecule has 1 aromatic carbocycles. The average molecular weight is 278 g/mol. The molecule has 0 bridgehead atoms. The first-order chi connectivity index (χ1) is 9.10. The molecule has 1 saturated carbocycles. The zero-order chi connectivity index (χ0) is 13.8. The molecule has 0 atom stereocenters. The lowest BCUT2D eigenvalue weighted by Gasteiger charge is -2.35. The summed E-state index contributed by atoms with van der Waals surface area (Å²) >= 11 is 4.90. The third-order valence-electron chi connectivity index (χ3n) is 3.24. The first-order valence-corrected chi connectivity index (χ1v) is 6.83. The quantitative estimate of drug-likeness (QED) is 0.803. The largest absolute Gasteiger partial charge is 0.389 e. The van der Waals surface area contributed by atoms with Crippen molar-refractivity contribution >= 4 is 23.1 Å². The Labute approximate surface area is 118 Å². The molecule has 0 heterocycles. The molecule has 0 saturated heterocycles. The highest BCUT2D eigenvalue weighted by Crippen LogP contribution is 2.23. The van der Waals surface area contributed by atoms with E-state index in [2.05, 4.69) is 5.32 Å². The molecule has 2 rings (SSSR count). The maximum atomic E-state index is 12.1. The lowest BCUT2D eigenvalue weighted by Crippen LogP contribution is -2.47. The van der Waals surface area contributed by atoms with E-state index in [-0.39, 0.29) is 11.9 Å². The first-order valence-electron chi connectivity index (χ1n) is 6.42. The molecule has 1 amide bonds. The van der Waals surface area contributed by atoms with Crippen LogP contribution in [0.25, 0.3) is 0 Å². The molecule has 0 aliphatic heterocycles. The van der Waals surface area contributed by atoms with E-state index in [9.17, 15) is 4.79 Å². The number of carbonyl (C=O) groups is 1. The summed E-state index contributed by atoms with van der Waals surface area (Å²) in [6.45, 7) is 2.70. The fourth-order valence-electron chi connectivity index (χ4n) is 2.14. The van der Waals surface area contributed by atoms with Crippen LogP contribution in [0.2, 0.25) is 0 Å². The van der Waals surface area contributed by atoms with Gasteiger partial charge in [-0.3, -0.25) is 4.79 Å². The lowest BCUT2D eigenvalue weighted by molar-refractivity contribution is -0.00862. The zero-order valence-electron chi connectivity index (χ0n) is 10.9. The standard InChI is InChI=1S/C14H18N2O2S/c1-2-18-12-7-11(8-12)16-14(17)10-5-3-4-9(6-10)13(15)19/h3-6,11-12H,2,7-8H2,1H3,(H2,15,19)(H,16,17). The molecule has 1 aliphatic rings. The minimum Gasteiger partial charge on any atom is -0.389 e. The van der Waals surface area contributed by atoms with E-state index in [4.69, 9.17) is 22.7 Å². The van der Waals surface area contributed by atoms with Crippen LogP contribution in [0.3, 0.4) is 0 Å². The van der Waals surface area contributed by atoms with Gasteiger partial charge in [0.2, 0.25) is 0 Å². The topological polar surface area (TPSA) is 64.3 Å². The van der Waals surface area contributed by atoms with Crippen molar-refractivity contribution in [2.24, 2.45) is 5.73 Å². The van der Waals surface area contributed by atoms with Crippen LogP contribution in [0.1, 0.15) is 35.7 Å². The molecular weight excluding hydrogens is 260 g/mol. The number of nitrogens with one attached hydrogen (secondary N) is 1. The second-order valence-corrected chi connectivity index (χ2v) is 5.10. The molecule has 3 N–H and O–H groups in total. The fraction of sp³-hybridized carbons (Fsp3) is 0.429. The fourth-order valence-corrected chi connectivity index (χ4v) is 2.26. The Morgan fingerprint density at radius 3 is 2.79 bits per heavy atom. The summed E-state index contributed by atoms with van der Waals surface area (Å²) in [5, 5.41) is 2.98. The van der Waals surface area contributed by atoms with Crippen LogP contribution in [0.15, 0.2) is 24.3 Å². The van der Waals surface area contributed by atoms with Gasteiger partial charge < -0.3 is 15.8 Å². The number of rotatable bonds is 5. The molecule has 1 aromatic rings. The van der Waals surface area contributed by atoms with Gasteiger partial charge in [0.25, 0.3) is 5.91 Å². The van der Waals surface area contributed by atoms with Gasteiger partial charge in [-0.15, -0.1) is 0 Å². The van der Waals surface area contributed by atoms with Gasteiger partial charge >= 0.3 is 0 Å². The maximum Gasteiger partial charge on any atom is 0.251 e. The minimum atomic E-state index is -0.0851. The summed E-state index contributed by atoms with van der Waals surface area (Å²) in [6, 6.07) is 7.27. The van der Waals surface area contributed by atoms with Crippen molar-refractivity contribution in [3.63, 3.8) is 0 Å². The molecule has 4 nitrogen and oxygen atoms in total. The summed E-state index contributed by atoms with van der Waals surface area (Å²) in [5.74, 6) is -0.0851. The third-order valence-corrected chi connectivity index (χ3v) is 3.48. The van der Waals surface area contributed by atoms with Crippen LogP contribution in [-0.2, 0) is 4.74 Å². The number of carbonyl (C=O) groups excluding carboxylic acids is 1. The molecule has 0 aromatic heterocycles. The van der Waals surface area contributed by atoms with Crippen molar-refractivity contribution in [3.8, 4) is 0 Å². The third kappa shape index (κ3) is 3.52. The predicted octanol–water partition coefficient (Wildman–Crippen LogP) is 1.62. The predicted molar refractivity (Wildman–Crippen MR) is 78.2 cm³/mol. The van der Waals surface area contributed by atoms with Crippen LogP contribution in [-0.4, -0.2) is 29.6 Å². The van der Waals surface area contributed by atoms with E-state index < -0.39 is 0 Å². The number of hydrogen-bond donors (Lipinski definition) is 2. The van der Waals surface area contributed by atoms with Gasteiger partial charge in [0.1, 0.15) is 4.99 Å². The Bertz CT molecular complexity index is 484. The molecule has 1 aliphatic carbocycles. The van der Waals surface area contributed by atoms with Crippen molar-refractivity contribution < 1.29 is 9.53 Å². The van der Waals surface area contributed by atoms with Gasteiger partial charge in [-0.2, -0.15) is 0 Å². The normalized spacial score (nSPS) is 21.5. The maximum absolute atomic E-state index is 12.1. The van der Waals surface area contributed by atoms with Crippen LogP contribution in [0.5, 0.6) is 0 Å². The van der Waals surface area contributed by atoms with Crippen LogP contribution in [0, 0.1) is 0 Å². The summed E-state index contributed by atoms with van der Waals surface area (Å²) in [7, 11) is 0. The van der Waals surface area contributed by atoms with E-state index in [1.54, 1.807) is 24.3 Å². The number of amides is 1.